The largest absolute Gasteiger partial charge is 0.472 e. The molecule has 0 aromatic carbocycles. The summed E-state index contributed by atoms with van der Waals surface area (Å²) in [5, 5.41) is 0. The number of hydrogen-bond acceptors (Lipinski definition) is 7. The van der Waals surface area contributed by atoms with Gasteiger partial charge < -0.3 is 18.9 Å². The minimum atomic E-state index is -4.37. The number of carbonyl (C=O) groups is 2. The van der Waals surface area contributed by atoms with E-state index in [0.717, 1.165) is 38.5 Å². The van der Waals surface area contributed by atoms with Crippen LogP contribution in [-0.2, 0) is 32.7 Å². The Kier molecular flexibility index (Phi) is 40.2. The third-order valence-electron chi connectivity index (χ3n) is 10.9. The first-order chi connectivity index (χ1) is 28.0. The molecule has 0 spiro atoms. The normalized spacial score (nSPS) is 13.3. The maximum Gasteiger partial charge on any atom is 0.472 e. The molecule has 0 heterocycles. The summed E-state index contributed by atoms with van der Waals surface area (Å²) < 4.78 is 34.4. The second-order valence-electron chi connectivity index (χ2n) is 17.9. The highest BCUT2D eigenvalue weighted by atomic mass is 31.2. The SMILES string of the molecule is C=CCCCCCCCCCCCCCCCC(=O)O[C@H](COC(=O)CCCCCCCCCCCCCCCCCCCCC)COP(=O)(O)OCC[N+](C)(C)C. The zero-order valence-corrected chi connectivity index (χ0v) is 39.5. The van der Waals surface area contributed by atoms with Crippen molar-refractivity contribution in [1.29, 1.82) is 0 Å². The van der Waals surface area contributed by atoms with Gasteiger partial charge in [0.05, 0.1) is 27.7 Å². The molecule has 1 N–H and O–H groups in total. The van der Waals surface area contributed by atoms with Gasteiger partial charge in [-0.05, 0) is 25.7 Å². The molecule has 58 heavy (non-hydrogen) atoms. The Labute approximate surface area is 358 Å². The highest BCUT2D eigenvalue weighted by Crippen LogP contribution is 2.43. The first kappa shape index (κ1) is 56.8. The monoisotopic (exact) mass is 845 g/mol. The van der Waals surface area contributed by atoms with Crippen LogP contribution in [0.15, 0.2) is 12.7 Å². The Balaban J connectivity index is 4.22. The molecule has 2 atom stereocenters. The van der Waals surface area contributed by atoms with Crippen LogP contribution in [0.25, 0.3) is 0 Å². The molecule has 0 aliphatic carbocycles. The third-order valence-corrected chi connectivity index (χ3v) is 11.9. The molecule has 9 nitrogen and oxygen atoms in total. The van der Waals surface area contributed by atoms with Gasteiger partial charge in [0, 0.05) is 12.8 Å². The van der Waals surface area contributed by atoms with E-state index in [1.54, 1.807) is 0 Å². The number of rotatable bonds is 46. The highest BCUT2D eigenvalue weighted by Gasteiger charge is 2.27. The molecule has 344 valence electrons. The second kappa shape index (κ2) is 41.1. The minimum absolute atomic E-state index is 0.0346. The van der Waals surface area contributed by atoms with Crippen molar-refractivity contribution in [2.75, 3.05) is 47.5 Å². The van der Waals surface area contributed by atoms with Crippen LogP contribution < -0.4 is 0 Å². The maximum absolute atomic E-state index is 12.7. The van der Waals surface area contributed by atoms with Crippen LogP contribution in [0.5, 0.6) is 0 Å². The summed E-state index contributed by atoms with van der Waals surface area (Å²) in [6.45, 7) is 5.99. The quantitative estimate of drug-likeness (QED) is 0.0212. The summed E-state index contributed by atoms with van der Waals surface area (Å²) >= 11 is 0. The molecular weight excluding hydrogens is 750 g/mol. The molecule has 0 amide bonds. The van der Waals surface area contributed by atoms with Gasteiger partial charge in [0.15, 0.2) is 6.10 Å². The van der Waals surface area contributed by atoms with Crippen molar-refractivity contribution >= 4 is 19.8 Å². The Hall–Kier alpha value is -1.25. The summed E-state index contributed by atoms with van der Waals surface area (Å²) in [7, 11) is 1.49. The van der Waals surface area contributed by atoms with Crippen molar-refractivity contribution in [2.24, 2.45) is 0 Å². The number of ether oxygens (including phenoxy) is 2. The van der Waals surface area contributed by atoms with Gasteiger partial charge in [-0.3, -0.25) is 18.6 Å². The van der Waals surface area contributed by atoms with Crippen molar-refractivity contribution in [1.82, 2.24) is 0 Å². The molecule has 0 bridgehead atoms. The molecule has 0 aliphatic heterocycles. The van der Waals surface area contributed by atoms with Crippen LogP contribution in [-0.4, -0.2) is 74.9 Å². The average molecular weight is 845 g/mol. The molecule has 0 rings (SSSR count). The number of likely N-dealkylation sites (N-methyl/N-ethyl adjacent to an activating group) is 1. The van der Waals surface area contributed by atoms with Crippen LogP contribution in [0.4, 0.5) is 0 Å². The fourth-order valence-electron chi connectivity index (χ4n) is 7.11. The van der Waals surface area contributed by atoms with Gasteiger partial charge in [0.25, 0.3) is 0 Å². The van der Waals surface area contributed by atoms with E-state index in [4.69, 9.17) is 18.5 Å². The predicted molar refractivity (Wildman–Crippen MR) is 243 cm³/mol. The van der Waals surface area contributed by atoms with E-state index in [0.29, 0.717) is 23.9 Å². The number of carbonyl (C=O) groups excluding carboxylic acids is 2. The number of hydrogen-bond donors (Lipinski definition) is 1. The zero-order valence-electron chi connectivity index (χ0n) is 38.6. The number of unbranched alkanes of at least 4 members (excludes halogenated alkanes) is 31. The van der Waals surface area contributed by atoms with Gasteiger partial charge in [-0.25, -0.2) is 4.57 Å². The van der Waals surface area contributed by atoms with Crippen LogP contribution >= 0.6 is 7.82 Å². The predicted octanol–water partition coefficient (Wildman–Crippen LogP) is 14.1. The molecule has 10 heteroatoms. The number of nitrogens with zero attached hydrogens (tertiary/aromatic N) is 1. The minimum Gasteiger partial charge on any atom is -0.462 e. The third kappa shape index (κ3) is 44.3. The smallest absolute Gasteiger partial charge is 0.462 e. The van der Waals surface area contributed by atoms with E-state index < -0.39 is 26.5 Å². The Morgan fingerprint density at radius 3 is 1.29 bits per heavy atom. The first-order valence-electron chi connectivity index (χ1n) is 24.4. The van der Waals surface area contributed by atoms with Crippen LogP contribution in [0.1, 0.15) is 232 Å². The number of phosphoric acid groups is 1. The Morgan fingerprint density at radius 1 is 0.552 bits per heavy atom. The van der Waals surface area contributed by atoms with Crippen LogP contribution in [0, 0.1) is 0 Å². The Bertz CT molecular complexity index is 987. The summed E-state index contributed by atoms with van der Waals surface area (Å²) in [6.07, 6.45) is 42.9. The number of quaternary nitrogens is 1. The van der Waals surface area contributed by atoms with Crippen molar-refractivity contribution in [2.45, 2.75) is 238 Å². The lowest BCUT2D eigenvalue weighted by Crippen LogP contribution is -2.37. The van der Waals surface area contributed by atoms with Gasteiger partial charge in [-0.15, -0.1) is 6.58 Å². The first-order valence-corrected chi connectivity index (χ1v) is 25.9. The molecule has 0 saturated heterocycles. The van der Waals surface area contributed by atoms with E-state index in [9.17, 15) is 19.0 Å². The van der Waals surface area contributed by atoms with E-state index in [2.05, 4.69) is 13.5 Å². The van der Waals surface area contributed by atoms with Crippen LogP contribution in [0.3, 0.4) is 0 Å². The van der Waals surface area contributed by atoms with Crippen LogP contribution in [0.2, 0.25) is 0 Å². The number of esters is 2. The standard InChI is InChI=1S/C48H94NO8P/c1-6-8-10-12-14-16-18-20-22-23-24-25-27-28-30-32-34-36-38-40-47(50)54-44-46(45-56-58(52,53)55-43-42-49(3,4)5)57-48(51)41-39-37-35-33-31-29-26-21-19-17-15-13-11-9-7-2/h7,46H,2,6,8-45H2,1,3-5H3/p+1/t46-/m1/s1. The summed E-state index contributed by atoms with van der Waals surface area (Å²) in [5.74, 6) is -0.787. The molecule has 0 fully saturated rings. The van der Waals surface area contributed by atoms with Gasteiger partial charge in [-0.1, -0.05) is 199 Å². The van der Waals surface area contributed by atoms with Crippen molar-refractivity contribution in [3.63, 3.8) is 0 Å². The number of phosphoric ester groups is 1. The molecule has 1 unspecified atom stereocenters. The second-order valence-corrected chi connectivity index (χ2v) is 19.4. The molecule has 0 aliphatic rings. The fraction of sp³-hybridized carbons (Fsp3) is 0.917. The lowest BCUT2D eigenvalue weighted by atomic mass is 10.0. The summed E-state index contributed by atoms with van der Waals surface area (Å²) in [6, 6.07) is 0. The lowest BCUT2D eigenvalue weighted by Gasteiger charge is -2.24. The lowest BCUT2D eigenvalue weighted by molar-refractivity contribution is -0.870. The van der Waals surface area contributed by atoms with Gasteiger partial charge in [0.2, 0.25) is 0 Å². The summed E-state index contributed by atoms with van der Waals surface area (Å²) in [5.41, 5.74) is 0. The maximum atomic E-state index is 12.7. The van der Waals surface area contributed by atoms with E-state index >= 15 is 0 Å². The molecule has 0 saturated carbocycles. The topological polar surface area (TPSA) is 108 Å². The van der Waals surface area contributed by atoms with E-state index in [1.807, 2.05) is 27.2 Å². The average Bonchev–Trinajstić information content (AvgIpc) is 3.17. The van der Waals surface area contributed by atoms with E-state index in [1.165, 1.54) is 167 Å². The molecule has 0 radical (unpaired) electrons. The van der Waals surface area contributed by atoms with Gasteiger partial charge in [0.1, 0.15) is 19.8 Å². The molecule has 0 aromatic rings. The number of allylic oxidation sites excluding steroid dienone is 1. The highest BCUT2D eigenvalue weighted by molar-refractivity contribution is 7.47. The van der Waals surface area contributed by atoms with Crippen molar-refractivity contribution in [3.8, 4) is 0 Å². The summed E-state index contributed by atoms with van der Waals surface area (Å²) in [4.78, 5) is 35.5. The van der Waals surface area contributed by atoms with Crippen molar-refractivity contribution < 1.29 is 42.1 Å². The van der Waals surface area contributed by atoms with E-state index in [-0.39, 0.29) is 25.6 Å². The zero-order chi connectivity index (χ0) is 42.8. The van der Waals surface area contributed by atoms with Gasteiger partial charge >= 0.3 is 19.8 Å². The Morgan fingerprint density at radius 2 is 0.914 bits per heavy atom. The molecular formula is C48H95NO8P+. The molecule has 0 aromatic heterocycles. The fourth-order valence-corrected chi connectivity index (χ4v) is 7.86. The van der Waals surface area contributed by atoms with Gasteiger partial charge in [-0.2, -0.15) is 0 Å². The van der Waals surface area contributed by atoms with Crippen molar-refractivity contribution in [3.05, 3.63) is 12.7 Å².